The van der Waals surface area contributed by atoms with Crippen LogP contribution in [-0.4, -0.2) is 21.1 Å². The number of hydrogen-bond donors (Lipinski definition) is 1. The predicted molar refractivity (Wildman–Crippen MR) is 55.2 cm³/mol. The highest BCUT2D eigenvalue weighted by molar-refractivity contribution is 5.45. The lowest BCUT2D eigenvalue weighted by molar-refractivity contribution is 0.240. The van der Waals surface area contributed by atoms with Gasteiger partial charge in [-0.1, -0.05) is 0 Å². The molecule has 1 N–H and O–H groups in total. The fourth-order valence-corrected chi connectivity index (χ4v) is 1.44. The molecule has 0 spiro atoms. The number of aliphatic hydroxyl groups is 1. The van der Waals surface area contributed by atoms with Gasteiger partial charge < -0.3 is 9.51 Å². The Bertz CT molecular complexity index is 526. The number of aliphatic hydroxyl groups excluding tert-OH is 1. The Morgan fingerprint density at radius 3 is 3.07 bits per heavy atom. The number of nitrogens with zero attached hydrogens (tertiary/aromatic N) is 3. The maximum absolute atomic E-state index is 9.21. The fraction of sp³-hybridized carbons (Fsp3) is 0.273. The van der Waals surface area contributed by atoms with Gasteiger partial charge in [-0.05, 0) is 24.6 Å². The Morgan fingerprint density at radius 2 is 2.40 bits per heavy atom. The molecule has 15 heavy (non-hydrogen) atoms. The van der Waals surface area contributed by atoms with Crippen LogP contribution in [-0.2, 0) is 5.41 Å². The highest BCUT2D eigenvalue weighted by Gasteiger charge is 2.25. The molecule has 1 unspecified atom stereocenters. The minimum absolute atomic E-state index is 0.194. The van der Waals surface area contributed by atoms with Gasteiger partial charge in [0.2, 0.25) is 0 Å². The quantitative estimate of drug-likeness (QED) is 0.791. The Balaban J connectivity index is 2.57. The molecule has 0 fully saturated rings. The summed E-state index contributed by atoms with van der Waals surface area (Å²) in [6, 6.07) is 5.76. The lowest BCUT2D eigenvalue weighted by Gasteiger charge is -2.18. The van der Waals surface area contributed by atoms with Crippen molar-refractivity contribution in [2.24, 2.45) is 0 Å². The zero-order valence-corrected chi connectivity index (χ0v) is 8.38. The zero-order chi connectivity index (χ0) is 10.9. The van der Waals surface area contributed by atoms with Gasteiger partial charge >= 0.3 is 0 Å². The topological polar surface area (TPSA) is 61.3 Å². The van der Waals surface area contributed by atoms with Crippen molar-refractivity contribution < 1.29 is 5.11 Å². The summed E-state index contributed by atoms with van der Waals surface area (Å²) in [5, 5.41) is 18.2. The third-order valence-corrected chi connectivity index (χ3v) is 2.60. The second-order valence-electron chi connectivity index (χ2n) is 3.71. The highest BCUT2D eigenvalue weighted by atomic mass is 16.3. The summed E-state index contributed by atoms with van der Waals surface area (Å²) >= 11 is 0. The van der Waals surface area contributed by atoms with Crippen LogP contribution in [0.3, 0.4) is 0 Å². The van der Waals surface area contributed by atoms with Crippen molar-refractivity contribution in [3.8, 4) is 6.07 Å². The van der Waals surface area contributed by atoms with Crippen LogP contribution in [0.5, 0.6) is 0 Å². The normalized spacial score (nSPS) is 14.7. The molecule has 2 aromatic heterocycles. The van der Waals surface area contributed by atoms with Crippen LogP contribution in [0.1, 0.15) is 12.5 Å². The van der Waals surface area contributed by atoms with Crippen molar-refractivity contribution >= 4 is 5.65 Å². The average molecular weight is 201 g/mol. The van der Waals surface area contributed by atoms with E-state index in [-0.39, 0.29) is 6.61 Å². The van der Waals surface area contributed by atoms with Crippen LogP contribution in [0.2, 0.25) is 0 Å². The molecule has 0 saturated carbocycles. The van der Waals surface area contributed by atoms with E-state index < -0.39 is 5.41 Å². The molecule has 4 heteroatoms. The Kier molecular flexibility index (Phi) is 2.18. The van der Waals surface area contributed by atoms with Crippen LogP contribution in [0, 0.1) is 11.3 Å². The fourth-order valence-electron chi connectivity index (χ4n) is 1.44. The molecule has 2 rings (SSSR count). The van der Waals surface area contributed by atoms with E-state index in [1.807, 2.05) is 28.9 Å². The van der Waals surface area contributed by atoms with E-state index in [0.29, 0.717) is 0 Å². The third kappa shape index (κ3) is 1.47. The van der Waals surface area contributed by atoms with Gasteiger partial charge in [-0.25, -0.2) is 4.98 Å². The Hall–Kier alpha value is -1.86. The van der Waals surface area contributed by atoms with Crippen LogP contribution < -0.4 is 0 Å². The molecule has 1 atom stereocenters. The van der Waals surface area contributed by atoms with Gasteiger partial charge in [-0.3, -0.25) is 0 Å². The molecule has 0 amide bonds. The minimum atomic E-state index is -0.853. The lowest BCUT2D eigenvalue weighted by atomic mass is 9.85. The largest absolute Gasteiger partial charge is 0.394 e. The first-order valence-corrected chi connectivity index (χ1v) is 4.65. The molecular formula is C11H11N3O. The number of pyridine rings is 1. The van der Waals surface area contributed by atoms with Crippen molar-refractivity contribution in [1.29, 1.82) is 5.26 Å². The summed E-state index contributed by atoms with van der Waals surface area (Å²) in [7, 11) is 0. The van der Waals surface area contributed by atoms with Gasteiger partial charge in [0.1, 0.15) is 11.1 Å². The number of rotatable bonds is 2. The van der Waals surface area contributed by atoms with Crippen molar-refractivity contribution in [1.82, 2.24) is 9.38 Å². The molecule has 0 aliphatic rings. The molecule has 0 bridgehead atoms. The number of imidazole rings is 1. The summed E-state index contributed by atoms with van der Waals surface area (Å²) in [4.78, 5) is 4.13. The molecule has 2 heterocycles. The summed E-state index contributed by atoms with van der Waals surface area (Å²) in [5.41, 5.74) is 0.710. The summed E-state index contributed by atoms with van der Waals surface area (Å²) in [6.07, 6.45) is 5.37. The predicted octanol–water partition coefficient (Wildman–Crippen LogP) is 1.11. The SMILES string of the molecule is CC(C#N)(CO)c1ccn2ccnc2c1. The average Bonchev–Trinajstić information content (AvgIpc) is 2.74. The van der Waals surface area contributed by atoms with Gasteiger partial charge in [-0.2, -0.15) is 5.26 Å². The summed E-state index contributed by atoms with van der Waals surface area (Å²) in [6.45, 7) is 1.52. The number of aromatic nitrogens is 2. The van der Waals surface area contributed by atoms with Crippen molar-refractivity contribution in [2.75, 3.05) is 6.61 Å². The monoisotopic (exact) mass is 201 g/mol. The minimum Gasteiger partial charge on any atom is -0.394 e. The van der Waals surface area contributed by atoms with Crippen molar-refractivity contribution in [2.45, 2.75) is 12.3 Å². The highest BCUT2D eigenvalue weighted by Crippen LogP contribution is 2.22. The van der Waals surface area contributed by atoms with E-state index in [1.54, 1.807) is 13.1 Å². The number of fused-ring (bicyclic) bond motifs is 1. The number of nitriles is 1. The van der Waals surface area contributed by atoms with Gasteiger partial charge in [-0.15, -0.1) is 0 Å². The third-order valence-electron chi connectivity index (χ3n) is 2.60. The van der Waals surface area contributed by atoms with E-state index in [9.17, 15) is 5.11 Å². The van der Waals surface area contributed by atoms with Crippen LogP contribution in [0.15, 0.2) is 30.7 Å². The number of hydrogen-bond acceptors (Lipinski definition) is 3. The van der Waals surface area contributed by atoms with E-state index in [1.165, 1.54) is 0 Å². The smallest absolute Gasteiger partial charge is 0.136 e. The van der Waals surface area contributed by atoms with Gasteiger partial charge in [0.25, 0.3) is 0 Å². The lowest BCUT2D eigenvalue weighted by Crippen LogP contribution is -2.24. The molecule has 4 nitrogen and oxygen atoms in total. The van der Waals surface area contributed by atoms with E-state index in [4.69, 9.17) is 5.26 Å². The first-order valence-electron chi connectivity index (χ1n) is 4.65. The molecule has 76 valence electrons. The molecule has 0 aliphatic carbocycles. The zero-order valence-electron chi connectivity index (χ0n) is 8.38. The Labute approximate surface area is 87.4 Å². The van der Waals surface area contributed by atoms with Gasteiger partial charge in [0, 0.05) is 18.6 Å². The standard InChI is InChI=1S/C11H11N3O/c1-11(7-12,8-15)9-2-4-14-5-3-13-10(14)6-9/h2-6,15H,8H2,1H3. The molecule has 0 aromatic carbocycles. The molecule has 0 aliphatic heterocycles. The Morgan fingerprint density at radius 1 is 1.60 bits per heavy atom. The van der Waals surface area contributed by atoms with Gasteiger partial charge in [0.05, 0.1) is 12.7 Å². The molecular weight excluding hydrogens is 190 g/mol. The first-order chi connectivity index (χ1) is 7.19. The van der Waals surface area contributed by atoms with Crippen LogP contribution >= 0.6 is 0 Å². The second kappa shape index (κ2) is 3.37. The van der Waals surface area contributed by atoms with Crippen molar-refractivity contribution in [3.05, 3.63) is 36.3 Å². The summed E-state index contributed by atoms with van der Waals surface area (Å²) in [5.74, 6) is 0. The molecule has 2 aromatic rings. The van der Waals surface area contributed by atoms with Crippen LogP contribution in [0.25, 0.3) is 5.65 Å². The first kappa shape index (κ1) is 9.69. The van der Waals surface area contributed by atoms with E-state index >= 15 is 0 Å². The van der Waals surface area contributed by atoms with Gasteiger partial charge in [0.15, 0.2) is 0 Å². The maximum atomic E-state index is 9.21. The van der Waals surface area contributed by atoms with Crippen molar-refractivity contribution in [3.63, 3.8) is 0 Å². The molecule has 0 saturated heterocycles. The second-order valence-corrected chi connectivity index (χ2v) is 3.71. The van der Waals surface area contributed by atoms with E-state index in [0.717, 1.165) is 11.2 Å². The van der Waals surface area contributed by atoms with Crippen LogP contribution in [0.4, 0.5) is 0 Å². The van der Waals surface area contributed by atoms with E-state index in [2.05, 4.69) is 11.1 Å². The summed E-state index contributed by atoms with van der Waals surface area (Å²) < 4.78 is 1.86. The molecule has 0 radical (unpaired) electrons. The maximum Gasteiger partial charge on any atom is 0.136 e.